The van der Waals surface area contributed by atoms with Crippen molar-refractivity contribution >= 4 is 5.91 Å². The summed E-state index contributed by atoms with van der Waals surface area (Å²) in [6.07, 6.45) is 1.18. The zero-order chi connectivity index (χ0) is 14.6. The molecule has 4 heteroatoms. The summed E-state index contributed by atoms with van der Waals surface area (Å²) in [5.41, 5.74) is 6.64. The largest absolute Gasteiger partial charge is 0.381 e. The van der Waals surface area contributed by atoms with Crippen molar-refractivity contribution in [2.24, 2.45) is 5.73 Å². The van der Waals surface area contributed by atoms with Gasteiger partial charge in [-0.3, -0.25) is 4.79 Å². The van der Waals surface area contributed by atoms with Gasteiger partial charge in [-0.25, -0.2) is 0 Å². The van der Waals surface area contributed by atoms with Crippen LogP contribution in [0.3, 0.4) is 0 Å². The molecule has 2 atom stereocenters. The van der Waals surface area contributed by atoms with E-state index in [1.165, 1.54) is 5.56 Å². The first kappa shape index (κ1) is 15.0. The third-order valence-corrected chi connectivity index (χ3v) is 4.27. The van der Waals surface area contributed by atoms with Crippen molar-refractivity contribution in [1.29, 1.82) is 0 Å². The van der Waals surface area contributed by atoms with E-state index in [0.717, 1.165) is 0 Å². The zero-order valence-electron chi connectivity index (χ0n) is 12.3. The maximum Gasteiger partial charge on any atom is 0.240 e. The van der Waals surface area contributed by atoms with Crippen LogP contribution in [0.25, 0.3) is 0 Å². The van der Waals surface area contributed by atoms with Crippen molar-refractivity contribution in [2.75, 3.05) is 13.2 Å². The molecule has 0 saturated carbocycles. The van der Waals surface area contributed by atoms with Gasteiger partial charge in [0.1, 0.15) is 0 Å². The molecule has 0 spiro atoms. The Balaban J connectivity index is 1.97. The number of hydrogen-bond donors (Lipinski definition) is 2. The van der Waals surface area contributed by atoms with Gasteiger partial charge in [-0.2, -0.15) is 0 Å². The van der Waals surface area contributed by atoms with E-state index < -0.39 is 5.54 Å². The second-order valence-electron chi connectivity index (χ2n) is 5.73. The minimum Gasteiger partial charge on any atom is -0.381 e. The molecule has 2 unspecified atom stereocenters. The van der Waals surface area contributed by atoms with Crippen LogP contribution < -0.4 is 11.1 Å². The molecule has 0 aromatic heterocycles. The lowest BCUT2D eigenvalue weighted by molar-refractivity contribution is -0.130. The Bertz CT molecular complexity index is 441. The summed E-state index contributed by atoms with van der Waals surface area (Å²) in [6, 6.07) is 10.2. The van der Waals surface area contributed by atoms with E-state index in [1.807, 2.05) is 25.1 Å². The molecule has 110 valence electrons. The third-order valence-electron chi connectivity index (χ3n) is 4.27. The molecule has 1 aliphatic rings. The first-order valence-electron chi connectivity index (χ1n) is 7.25. The van der Waals surface area contributed by atoms with Gasteiger partial charge in [-0.05, 0) is 25.3 Å². The van der Waals surface area contributed by atoms with Gasteiger partial charge in [0.15, 0.2) is 0 Å². The Morgan fingerprint density at radius 3 is 2.45 bits per heavy atom. The fraction of sp³-hybridized carbons (Fsp3) is 0.562. The van der Waals surface area contributed by atoms with Crippen LogP contribution in [-0.4, -0.2) is 30.7 Å². The van der Waals surface area contributed by atoms with Crippen molar-refractivity contribution in [2.45, 2.75) is 44.2 Å². The minimum atomic E-state index is -0.775. The van der Waals surface area contributed by atoms with E-state index in [4.69, 9.17) is 10.5 Å². The molecule has 1 aliphatic heterocycles. The van der Waals surface area contributed by atoms with Crippen LogP contribution in [0.2, 0.25) is 0 Å². The first-order chi connectivity index (χ1) is 9.53. The molecular weight excluding hydrogens is 252 g/mol. The highest BCUT2D eigenvalue weighted by Crippen LogP contribution is 2.21. The lowest BCUT2D eigenvalue weighted by atomic mass is 9.88. The molecule has 20 heavy (non-hydrogen) atoms. The molecule has 1 amide bonds. The second-order valence-corrected chi connectivity index (χ2v) is 5.73. The summed E-state index contributed by atoms with van der Waals surface area (Å²) in [5.74, 6) is 0.194. The predicted molar refractivity (Wildman–Crippen MR) is 79.4 cm³/mol. The molecule has 1 aromatic carbocycles. The van der Waals surface area contributed by atoms with Crippen molar-refractivity contribution in [3.63, 3.8) is 0 Å². The van der Waals surface area contributed by atoms with Gasteiger partial charge >= 0.3 is 0 Å². The van der Waals surface area contributed by atoms with Crippen LogP contribution in [0.1, 0.15) is 38.2 Å². The summed E-state index contributed by atoms with van der Waals surface area (Å²) >= 11 is 0. The fourth-order valence-corrected chi connectivity index (χ4v) is 2.48. The van der Waals surface area contributed by atoms with E-state index in [9.17, 15) is 4.79 Å². The summed E-state index contributed by atoms with van der Waals surface area (Å²) in [6.45, 7) is 5.27. The molecule has 3 N–H and O–H groups in total. The number of benzene rings is 1. The topological polar surface area (TPSA) is 64.4 Å². The number of amides is 1. The lowest BCUT2D eigenvalue weighted by Gasteiger charge is -2.34. The van der Waals surface area contributed by atoms with Gasteiger partial charge in [-0.15, -0.1) is 0 Å². The normalized spacial score (nSPS) is 20.9. The van der Waals surface area contributed by atoms with Crippen LogP contribution in [-0.2, 0) is 9.53 Å². The van der Waals surface area contributed by atoms with E-state index in [1.54, 1.807) is 0 Å². The van der Waals surface area contributed by atoms with Gasteiger partial charge in [-0.1, -0.05) is 37.3 Å². The minimum absolute atomic E-state index is 0.0492. The molecule has 1 saturated heterocycles. The van der Waals surface area contributed by atoms with E-state index in [-0.39, 0.29) is 17.9 Å². The summed E-state index contributed by atoms with van der Waals surface area (Å²) in [4.78, 5) is 12.4. The SMILES string of the molecule is CC(NC(=O)C1(N)CCOCC1)C(C)c1ccccc1. The number of carbonyl (C=O) groups excluding carboxylic acids is 1. The number of rotatable bonds is 4. The van der Waals surface area contributed by atoms with Crippen LogP contribution in [0.5, 0.6) is 0 Å². The molecule has 0 bridgehead atoms. The van der Waals surface area contributed by atoms with Gasteiger partial charge in [0.2, 0.25) is 5.91 Å². The van der Waals surface area contributed by atoms with Crippen LogP contribution in [0, 0.1) is 0 Å². The third kappa shape index (κ3) is 3.38. The molecule has 2 rings (SSSR count). The lowest BCUT2D eigenvalue weighted by Crippen LogP contribution is -2.58. The van der Waals surface area contributed by atoms with Gasteiger partial charge in [0.25, 0.3) is 0 Å². The maximum atomic E-state index is 12.4. The Hall–Kier alpha value is -1.39. The van der Waals surface area contributed by atoms with Crippen LogP contribution in [0.15, 0.2) is 30.3 Å². The maximum absolute atomic E-state index is 12.4. The number of carbonyl (C=O) groups is 1. The van der Waals surface area contributed by atoms with Crippen LogP contribution >= 0.6 is 0 Å². The highest BCUT2D eigenvalue weighted by Gasteiger charge is 2.36. The molecule has 0 radical (unpaired) electrons. The van der Waals surface area contributed by atoms with Gasteiger partial charge in [0, 0.05) is 25.2 Å². The van der Waals surface area contributed by atoms with E-state index in [2.05, 4.69) is 24.4 Å². The average Bonchev–Trinajstić information content (AvgIpc) is 2.48. The Morgan fingerprint density at radius 2 is 1.85 bits per heavy atom. The number of nitrogens with one attached hydrogen (secondary N) is 1. The van der Waals surface area contributed by atoms with Crippen molar-refractivity contribution in [1.82, 2.24) is 5.32 Å². The number of nitrogens with two attached hydrogens (primary N) is 1. The second kappa shape index (κ2) is 6.37. The molecule has 1 fully saturated rings. The summed E-state index contributed by atoms with van der Waals surface area (Å²) in [7, 11) is 0. The van der Waals surface area contributed by atoms with Crippen molar-refractivity contribution in [3.8, 4) is 0 Å². The number of ether oxygens (including phenoxy) is 1. The summed E-state index contributed by atoms with van der Waals surface area (Å²) < 4.78 is 5.28. The van der Waals surface area contributed by atoms with Crippen LogP contribution in [0.4, 0.5) is 0 Å². The quantitative estimate of drug-likeness (QED) is 0.881. The molecular formula is C16H24N2O2. The zero-order valence-corrected chi connectivity index (χ0v) is 12.3. The predicted octanol–water partition coefficient (Wildman–Crippen LogP) is 1.80. The average molecular weight is 276 g/mol. The smallest absolute Gasteiger partial charge is 0.240 e. The van der Waals surface area contributed by atoms with Crippen molar-refractivity contribution in [3.05, 3.63) is 35.9 Å². The Labute approximate surface area is 120 Å². The Kier molecular flexibility index (Phi) is 4.78. The summed E-state index contributed by atoms with van der Waals surface area (Å²) in [5, 5.41) is 3.07. The fourth-order valence-electron chi connectivity index (χ4n) is 2.48. The van der Waals surface area contributed by atoms with E-state index >= 15 is 0 Å². The molecule has 0 aliphatic carbocycles. The van der Waals surface area contributed by atoms with Crippen molar-refractivity contribution < 1.29 is 9.53 Å². The highest BCUT2D eigenvalue weighted by atomic mass is 16.5. The monoisotopic (exact) mass is 276 g/mol. The van der Waals surface area contributed by atoms with Gasteiger partial charge < -0.3 is 15.8 Å². The van der Waals surface area contributed by atoms with E-state index in [0.29, 0.717) is 26.1 Å². The molecule has 1 heterocycles. The molecule has 1 aromatic rings. The number of hydrogen-bond acceptors (Lipinski definition) is 3. The molecule has 4 nitrogen and oxygen atoms in total. The Morgan fingerprint density at radius 1 is 1.25 bits per heavy atom. The standard InChI is InChI=1S/C16H24N2O2/c1-12(14-6-4-3-5-7-14)13(2)18-15(19)16(17)8-10-20-11-9-16/h3-7,12-13H,8-11,17H2,1-2H3,(H,18,19). The highest BCUT2D eigenvalue weighted by molar-refractivity contribution is 5.86. The van der Waals surface area contributed by atoms with Gasteiger partial charge in [0.05, 0.1) is 5.54 Å². The first-order valence-corrected chi connectivity index (χ1v) is 7.25.